The van der Waals surface area contributed by atoms with Gasteiger partial charge in [0.25, 0.3) is 0 Å². The number of nitrogens with one attached hydrogen (secondary N) is 1. The predicted octanol–water partition coefficient (Wildman–Crippen LogP) is 3.54. The number of carbonyl (C=O) groups is 2. The first-order valence-corrected chi connectivity index (χ1v) is 9.06. The highest BCUT2D eigenvalue weighted by molar-refractivity contribution is 7.12. The van der Waals surface area contributed by atoms with Crippen LogP contribution >= 0.6 is 22.9 Å². The summed E-state index contributed by atoms with van der Waals surface area (Å²) >= 11 is 7.28. The number of hydrogen-bond acceptors (Lipinski definition) is 5. The second-order valence-electron chi connectivity index (χ2n) is 5.54. The van der Waals surface area contributed by atoms with Crippen molar-refractivity contribution in [3.8, 4) is 0 Å². The van der Waals surface area contributed by atoms with E-state index in [1.165, 1.54) is 18.4 Å². The van der Waals surface area contributed by atoms with Crippen molar-refractivity contribution in [2.24, 2.45) is 0 Å². The molecule has 0 radical (unpaired) electrons. The zero-order valence-corrected chi connectivity index (χ0v) is 15.3. The number of anilines is 2. The van der Waals surface area contributed by atoms with Gasteiger partial charge in [-0.05, 0) is 29.6 Å². The van der Waals surface area contributed by atoms with Crippen LogP contribution in [0, 0.1) is 0 Å². The fraction of sp³-hybridized carbons (Fsp3) is 0.294. The van der Waals surface area contributed by atoms with Crippen LogP contribution in [0.15, 0.2) is 35.7 Å². The maximum atomic E-state index is 12.5. The van der Waals surface area contributed by atoms with E-state index in [9.17, 15) is 9.59 Å². The molecule has 2 amide bonds. The summed E-state index contributed by atoms with van der Waals surface area (Å²) in [5, 5.41) is 5.24. The summed E-state index contributed by atoms with van der Waals surface area (Å²) in [6, 6.07) is 9.18. The standard InChI is InChI=1S/C17H18ClN3O3S/c1-24-16(22)15-14(5-10-25-15)19-17(23)21-8-6-20(7-9-21)13-4-2-3-12(18)11-13/h2-5,10-11H,6-9H2,1H3,(H,19,23). The Labute approximate surface area is 154 Å². The number of hydrogen-bond donors (Lipinski definition) is 1. The third-order valence-electron chi connectivity index (χ3n) is 4.02. The normalized spacial score (nSPS) is 14.3. The lowest BCUT2D eigenvalue weighted by molar-refractivity contribution is 0.0607. The summed E-state index contributed by atoms with van der Waals surface area (Å²) in [5.41, 5.74) is 1.54. The number of rotatable bonds is 3. The second-order valence-corrected chi connectivity index (χ2v) is 6.89. The first-order chi connectivity index (χ1) is 12.1. The zero-order chi connectivity index (χ0) is 17.8. The molecule has 2 aromatic rings. The monoisotopic (exact) mass is 379 g/mol. The Hall–Kier alpha value is -2.25. The molecule has 1 aliphatic heterocycles. The molecule has 0 aliphatic carbocycles. The SMILES string of the molecule is COC(=O)c1sccc1NC(=O)N1CCN(c2cccc(Cl)c2)CC1. The van der Waals surface area contributed by atoms with Crippen molar-refractivity contribution in [1.82, 2.24) is 4.90 Å². The number of ether oxygens (including phenoxy) is 1. The smallest absolute Gasteiger partial charge is 0.350 e. The highest BCUT2D eigenvalue weighted by Gasteiger charge is 2.23. The van der Waals surface area contributed by atoms with Gasteiger partial charge in [0.15, 0.2) is 0 Å². The molecule has 2 heterocycles. The Bertz CT molecular complexity index is 772. The van der Waals surface area contributed by atoms with Gasteiger partial charge in [-0.25, -0.2) is 9.59 Å². The van der Waals surface area contributed by atoms with Gasteiger partial charge >= 0.3 is 12.0 Å². The van der Waals surface area contributed by atoms with E-state index in [1.54, 1.807) is 16.3 Å². The van der Waals surface area contributed by atoms with E-state index >= 15 is 0 Å². The van der Waals surface area contributed by atoms with Crippen molar-refractivity contribution >= 4 is 46.3 Å². The number of nitrogens with zero attached hydrogens (tertiary/aromatic N) is 2. The van der Waals surface area contributed by atoms with E-state index in [-0.39, 0.29) is 6.03 Å². The predicted molar refractivity (Wildman–Crippen MR) is 99.9 cm³/mol. The van der Waals surface area contributed by atoms with Crippen molar-refractivity contribution in [3.63, 3.8) is 0 Å². The van der Waals surface area contributed by atoms with E-state index in [4.69, 9.17) is 16.3 Å². The number of benzene rings is 1. The summed E-state index contributed by atoms with van der Waals surface area (Å²) in [5.74, 6) is -0.448. The van der Waals surface area contributed by atoms with Crippen LogP contribution in [0.4, 0.5) is 16.2 Å². The lowest BCUT2D eigenvalue weighted by Gasteiger charge is -2.36. The summed E-state index contributed by atoms with van der Waals surface area (Å²) in [7, 11) is 1.32. The van der Waals surface area contributed by atoms with Crippen LogP contribution in [0.2, 0.25) is 5.02 Å². The van der Waals surface area contributed by atoms with Gasteiger partial charge in [0.1, 0.15) is 4.88 Å². The van der Waals surface area contributed by atoms with E-state index in [1.807, 2.05) is 24.3 Å². The number of urea groups is 1. The number of esters is 1. The van der Waals surface area contributed by atoms with E-state index in [2.05, 4.69) is 10.2 Å². The molecule has 1 saturated heterocycles. The average molecular weight is 380 g/mol. The summed E-state index contributed by atoms with van der Waals surface area (Å²) in [6.45, 7) is 2.63. The lowest BCUT2D eigenvalue weighted by atomic mass is 10.2. The molecule has 3 rings (SSSR count). The van der Waals surface area contributed by atoms with Gasteiger partial charge < -0.3 is 19.9 Å². The second kappa shape index (κ2) is 7.76. The number of thiophene rings is 1. The molecule has 1 fully saturated rings. The Balaban J connectivity index is 1.59. The quantitative estimate of drug-likeness (QED) is 0.828. The molecular weight excluding hydrogens is 362 g/mol. The molecule has 8 heteroatoms. The molecule has 132 valence electrons. The van der Waals surface area contributed by atoms with E-state index < -0.39 is 5.97 Å². The molecule has 0 unspecified atom stereocenters. The van der Waals surface area contributed by atoms with Crippen LogP contribution < -0.4 is 10.2 Å². The maximum Gasteiger partial charge on any atom is 0.350 e. The van der Waals surface area contributed by atoms with Gasteiger partial charge in [-0.1, -0.05) is 17.7 Å². The molecule has 0 bridgehead atoms. The highest BCUT2D eigenvalue weighted by Crippen LogP contribution is 2.24. The number of halogens is 1. The van der Waals surface area contributed by atoms with E-state index in [0.29, 0.717) is 28.7 Å². The van der Waals surface area contributed by atoms with Gasteiger partial charge in [0.2, 0.25) is 0 Å². The fourth-order valence-electron chi connectivity index (χ4n) is 2.69. The van der Waals surface area contributed by atoms with Gasteiger partial charge in [0.05, 0.1) is 12.8 Å². The molecule has 1 N–H and O–H groups in total. The molecule has 25 heavy (non-hydrogen) atoms. The maximum absolute atomic E-state index is 12.5. The third-order valence-corrected chi connectivity index (χ3v) is 5.15. The Morgan fingerprint density at radius 2 is 1.96 bits per heavy atom. The average Bonchev–Trinajstić information content (AvgIpc) is 3.09. The molecule has 6 nitrogen and oxygen atoms in total. The van der Waals surface area contributed by atoms with Crippen LogP contribution in [0.5, 0.6) is 0 Å². The van der Waals surface area contributed by atoms with Crippen molar-refractivity contribution in [2.45, 2.75) is 0 Å². The Kier molecular flexibility index (Phi) is 5.45. The molecule has 1 aliphatic rings. The largest absolute Gasteiger partial charge is 0.465 e. The van der Waals surface area contributed by atoms with Crippen molar-refractivity contribution in [2.75, 3.05) is 43.5 Å². The van der Waals surface area contributed by atoms with Gasteiger partial charge in [0, 0.05) is 36.9 Å². The molecule has 0 saturated carbocycles. The molecule has 0 atom stereocenters. The minimum Gasteiger partial charge on any atom is -0.465 e. The highest BCUT2D eigenvalue weighted by atomic mass is 35.5. The minimum atomic E-state index is -0.448. The first kappa shape index (κ1) is 17.6. The first-order valence-electron chi connectivity index (χ1n) is 7.80. The van der Waals surface area contributed by atoms with Gasteiger partial charge in [-0.2, -0.15) is 0 Å². The number of carbonyl (C=O) groups excluding carboxylic acids is 2. The number of piperazine rings is 1. The Morgan fingerprint density at radius 3 is 2.64 bits per heavy atom. The van der Waals surface area contributed by atoms with Crippen molar-refractivity contribution in [1.29, 1.82) is 0 Å². The lowest BCUT2D eigenvalue weighted by Crippen LogP contribution is -2.50. The number of amides is 2. The van der Waals surface area contributed by atoms with Crippen LogP contribution in [-0.4, -0.2) is 50.2 Å². The van der Waals surface area contributed by atoms with Crippen LogP contribution in [0.3, 0.4) is 0 Å². The zero-order valence-electron chi connectivity index (χ0n) is 13.7. The Morgan fingerprint density at radius 1 is 1.20 bits per heavy atom. The number of methoxy groups -OCH3 is 1. The molecule has 1 aromatic heterocycles. The minimum absolute atomic E-state index is 0.214. The summed E-state index contributed by atoms with van der Waals surface area (Å²) in [4.78, 5) is 28.5. The summed E-state index contributed by atoms with van der Waals surface area (Å²) in [6.07, 6.45) is 0. The van der Waals surface area contributed by atoms with E-state index in [0.717, 1.165) is 18.8 Å². The van der Waals surface area contributed by atoms with Gasteiger partial charge in [-0.15, -0.1) is 11.3 Å². The molecule has 0 spiro atoms. The molecule has 1 aromatic carbocycles. The van der Waals surface area contributed by atoms with Crippen LogP contribution in [0.1, 0.15) is 9.67 Å². The summed E-state index contributed by atoms with van der Waals surface area (Å²) < 4.78 is 4.72. The molecular formula is C17H18ClN3O3S. The third kappa shape index (κ3) is 4.05. The fourth-order valence-corrected chi connectivity index (χ4v) is 3.64. The van der Waals surface area contributed by atoms with Crippen molar-refractivity contribution in [3.05, 3.63) is 45.6 Å². The topological polar surface area (TPSA) is 61.9 Å². The van der Waals surface area contributed by atoms with Gasteiger partial charge in [-0.3, -0.25) is 0 Å². The van der Waals surface area contributed by atoms with Crippen LogP contribution in [-0.2, 0) is 4.74 Å². The van der Waals surface area contributed by atoms with Crippen LogP contribution in [0.25, 0.3) is 0 Å². The van der Waals surface area contributed by atoms with Crippen molar-refractivity contribution < 1.29 is 14.3 Å².